The fraction of sp³-hybridized carbons (Fsp3) is 0.286. The topological polar surface area (TPSA) is 75.2 Å². The third-order valence-electron chi connectivity index (χ3n) is 3.00. The summed E-state index contributed by atoms with van der Waals surface area (Å²) in [6, 6.07) is 5.49. The molecule has 1 aromatic heterocycles. The average Bonchev–Trinajstić information content (AvgIpc) is 2.42. The maximum Gasteiger partial charge on any atom is 0.254 e. The first-order valence-corrected chi connectivity index (χ1v) is 6.90. The molecule has 20 heavy (non-hydrogen) atoms. The molecule has 0 saturated heterocycles. The molecule has 0 spiro atoms. The van der Waals surface area contributed by atoms with E-state index in [0.29, 0.717) is 34.8 Å². The van der Waals surface area contributed by atoms with Crippen LogP contribution in [-0.2, 0) is 6.42 Å². The fourth-order valence-electron chi connectivity index (χ4n) is 2.01. The molecule has 2 rings (SSSR count). The van der Waals surface area contributed by atoms with E-state index in [1.165, 1.54) is 0 Å². The summed E-state index contributed by atoms with van der Waals surface area (Å²) in [7, 11) is 1.57. The number of ether oxygens (including phenoxy) is 1. The van der Waals surface area contributed by atoms with Gasteiger partial charge >= 0.3 is 0 Å². The molecular formula is C14H15BrN2O3. The predicted molar refractivity (Wildman–Crippen MR) is 80.1 cm³/mol. The molecular weight excluding hydrogens is 324 g/mol. The number of methoxy groups -OCH3 is 1. The van der Waals surface area contributed by atoms with Gasteiger partial charge < -0.3 is 14.8 Å². The summed E-state index contributed by atoms with van der Waals surface area (Å²) in [5.41, 5.74) is 1.59. The molecule has 0 bridgehead atoms. The number of aryl methyl sites for hydroxylation is 1. The molecule has 5 nitrogen and oxygen atoms in total. The van der Waals surface area contributed by atoms with Crippen LogP contribution in [0.25, 0.3) is 11.4 Å². The Balaban J connectivity index is 2.59. The maximum atomic E-state index is 12.0. The van der Waals surface area contributed by atoms with E-state index in [1.54, 1.807) is 20.1 Å². The quantitative estimate of drug-likeness (QED) is 0.894. The normalized spacial score (nSPS) is 10.6. The first-order chi connectivity index (χ1) is 9.56. The van der Waals surface area contributed by atoms with Crippen molar-refractivity contribution < 1.29 is 9.84 Å². The standard InChI is InChI=1S/C14H15BrN2O3/c1-8-10(5-6-18)14(19)17-13(16-8)11-7-9(15)3-4-12(11)20-2/h3-4,7,18H,5-6H2,1-2H3,(H,16,17,19). The fourth-order valence-corrected chi connectivity index (χ4v) is 2.37. The van der Waals surface area contributed by atoms with Crippen molar-refractivity contribution in [1.29, 1.82) is 0 Å². The lowest BCUT2D eigenvalue weighted by molar-refractivity contribution is 0.298. The number of aromatic nitrogens is 2. The van der Waals surface area contributed by atoms with Gasteiger partial charge in [-0.1, -0.05) is 15.9 Å². The number of benzene rings is 1. The van der Waals surface area contributed by atoms with Crippen molar-refractivity contribution in [2.75, 3.05) is 13.7 Å². The molecule has 0 unspecified atom stereocenters. The zero-order chi connectivity index (χ0) is 14.7. The summed E-state index contributed by atoms with van der Waals surface area (Å²) in [6.45, 7) is 1.68. The number of aromatic amines is 1. The minimum absolute atomic E-state index is 0.0782. The first kappa shape index (κ1) is 14.7. The number of nitrogens with zero attached hydrogens (tertiary/aromatic N) is 1. The summed E-state index contributed by atoms with van der Waals surface area (Å²) in [5.74, 6) is 1.08. The van der Waals surface area contributed by atoms with E-state index in [0.717, 1.165) is 4.47 Å². The van der Waals surface area contributed by atoms with Gasteiger partial charge in [0.05, 0.1) is 12.7 Å². The smallest absolute Gasteiger partial charge is 0.254 e. The number of aliphatic hydroxyl groups is 1. The van der Waals surface area contributed by atoms with Gasteiger partial charge in [-0.3, -0.25) is 4.79 Å². The predicted octanol–water partition coefficient (Wildman–Crippen LogP) is 2.05. The van der Waals surface area contributed by atoms with E-state index >= 15 is 0 Å². The van der Waals surface area contributed by atoms with Crippen LogP contribution in [0.5, 0.6) is 5.75 Å². The molecule has 0 amide bonds. The van der Waals surface area contributed by atoms with Crippen molar-refractivity contribution in [3.63, 3.8) is 0 Å². The SMILES string of the molecule is COc1ccc(Br)cc1-c1nc(C)c(CCO)c(=O)[nH]1. The monoisotopic (exact) mass is 338 g/mol. The molecule has 0 aliphatic carbocycles. The van der Waals surface area contributed by atoms with Crippen LogP contribution in [0.15, 0.2) is 27.5 Å². The van der Waals surface area contributed by atoms with Gasteiger partial charge in [-0.2, -0.15) is 0 Å². The van der Waals surface area contributed by atoms with Crippen molar-refractivity contribution >= 4 is 15.9 Å². The Hall–Kier alpha value is -1.66. The Morgan fingerprint density at radius 2 is 2.20 bits per heavy atom. The van der Waals surface area contributed by atoms with Crippen LogP contribution >= 0.6 is 15.9 Å². The second-order valence-electron chi connectivity index (χ2n) is 4.30. The second-order valence-corrected chi connectivity index (χ2v) is 5.21. The van der Waals surface area contributed by atoms with Crippen LogP contribution in [-0.4, -0.2) is 28.8 Å². The molecule has 0 atom stereocenters. The molecule has 0 fully saturated rings. The van der Waals surface area contributed by atoms with Crippen LogP contribution in [0, 0.1) is 6.92 Å². The van der Waals surface area contributed by atoms with E-state index in [4.69, 9.17) is 9.84 Å². The summed E-state index contributed by atoms with van der Waals surface area (Å²) >= 11 is 3.39. The van der Waals surface area contributed by atoms with Crippen molar-refractivity contribution in [2.45, 2.75) is 13.3 Å². The molecule has 1 heterocycles. The van der Waals surface area contributed by atoms with Crippen LogP contribution in [0.3, 0.4) is 0 Å². The first-order valence-electron chi connectivity index (χ1n) is 6.11. The number of hydrogen-bond donors (Lipinski definition) is 2. The molecule has 0 aliphatic rings. The third-order valence-corrected chi connectivity index (χ3v) is 3.49. The van der Waals surface area contributed by atoms with Gasteiger partial charge in [0, 0.05) is 28.8 Å². The van der Waals surface area contributed by atoms with Crippen LogP contribution < -0.4 is 10.3 Å². The highest BCUT2D eigenvalue weighted by atomic mass is 79.9. The highest BCUT2D eigenvalue weighted by Crippen LogP contribution is 2.30. The molecule has 106 valence electrons. The summed E-state index contributed by atoms with van der Waals surface area (Å²) in [4.78, 5) is 19.2. The Kier molecular flexibility index (Phi) is 4.57. The lowest BCUT2D eigenvalue weighted by atomic mass is 10.1. The van der Waals surface area contributed by atoms with Gasteiger partial charge in [-0.05, 0) is 25.1 Å². The number of hydrogen-bond acceptors (Lipinski definition) is 4. The Morgan fingerprint density at radius 1 is 1.45 bits per heavy atom. The second kappa shape index (κ2) is 6.19. The lowest BCUT2D eigenvalue weighted by Gasteiger charge is -2.10. The minimum Gasteiger partial charge on any atom is -0.496 e. The summed E-state index contributed by atoms with van der Waals surface area (Å²) < 4.78 is 6.16. The van der Waals surface area contributed by atoms with E-state index in [1.807, 2.05) is 12.1 Å². The maximum absolute atomic E-state index is 12.0. The number of rotatable bonds is 4. The summed E-state index contributed by atoms with van der Waals surface area (Å²) in [5, 5.41) is 8.97. The highest BCUT2D eigenvalue weighted by molar-refractivity contribution is 9.10. The Bertz CT molecular complexity index is 683. The van der Waals surface area contributed by atoms with Crippen LogP contribution in [0.2, 0.25) is 0 Å². The number of halogens is 1. The molecule has 2 N–H and O–H groups in total. The number of aliphatic hydroxyl groups excluding tert-OH is 1. The Labute approximate surface area is 124 Å². The van der Waals surface area contributed by atoms with Gasteiger partial charge in [-0.25, -0.2) is 4.98 Å². The van der Waals surface area contributed by atoms with E-state index < -0.39 is 0 Å². The Morgan fingerprint density at radius 3 is 2.80 bits per heavy atom. The molecule has 0 saturated carbocycles. The van der Waals surface area contributed by atoms with Crippen LogP contribution in [0.4, 0.5) is 0 Å². The molecule has 0 aliphatic heterocycles. The van der Waals surface area contributed by atoms with Gasteiger partial charge in [0.25, 0.3) is 5.56 Å². The van der Waals surface area contributed by atoms with Crippen molar-refractivity contribution in [1.82, 2.24) is 9.97 Å². The van der Waals surface area contributed by atoms with Gasteiger partial charge in [-0.15, -0.1) is 0 Å². The number of nitrogens with one attached hydrogen (secondary N) is 1. The molecule has 6 heteroatoms. The van der Waals surface area contributed by atoms with Crippen molar-refractivity contribution in [3.05, 3.63) is 44.3 Å². The zero-order valence-corrected chi connectivity index (χ0v) is 12.8. The van der Waals surface area contributed by atoms with E-state index in [2.05, 4.69) is 25.9 Å². The van der Waals surface area contributed by atoms with E-state index in [9.17, 15) is 4.79 Å². The largest absolute Gasteiger partial charge is 0.496 e. The third kappa shape index (κ3) is 2.91. The van der Waals surface area contributed by atoms with Gasteiger partial charge in [0.15, 0.2) is 0 Å². The van der Waals surface area contributed by atoms with E-state index in [-0.39, 0.29) is 12.2 Å². The van der Waals surface area contributed by atoms with Crippen molar-refractivity contribution in [3.8, 4) is 17.1 Å². The molecule has 1 aromatic carbocycles. The van der Waals surface area contributed by atoms with Crippen LogP contribution in [0.1, 0.15) is 11.3 Å². The number of H-pyrrole nitrogens is 1. The zero-order valence-electron chi connectivity index (χ0n) is 11.2. The summed E-state index contributed by atoms with van der Waals surface area (Å²) in [6.07, 6.45) is 0.296. The van der Waals surface area contributed by atoms with Gasteiger partial charge in [0.1, 0.15) is 11.6 Å². The average molecular weight is 339 g/mol. The van der Waals surface area contributed by atoms with Gasteiger partial charge in [0.2, 0.25) is 0 Å². The van der Waals surface area contributed by atoms with Crippen molar-refractivity contribution in [2.24, 2.45) is 0 Å². The molecule has 2 aromatic rings. The highest BCUT2D eigenvalue weighted by Gasteiger charge is 2.13. The lowest BCUT2D eigenvalue weighted by Crippen LogP contribution is -2.18. The molecule has 0 radical (unpaired) electrons. The minimum atomic E-state index is -0.233.